The van der Waals surface area contributed by atoms with E-state index in [9.17, 15) is 9.69 Å². The SMILES string of the molecule is CCC.O=C(SCCOP(O)N1CCCC1)c1ccccc1. The average molecular weight is 343 g/mol. The van der Waals surface area contributed by atoms with Gasteiger partial charge in [-0.15, -0.1) is 0 Å². The highest BCUT2D eigenvalue weighted by atomic mass is 32.2. The van der Waals surface area contributed by atoms with Crippen molar-refractivity contribution in [3.8, 4) is 0 Å². The van der Waals surface area contributed by atoms with Crippen LogP contribution in [0.4, 0.5) is 0 Å². The Morgan fingerprint density at radius 3 is 2.45 bits per heavy atom. The minimum atomic E-state index is -1.46. The molecular weight excluding hydrogens is 317 g/mol. The van der Waals surface area contributed by atoms with Gasteiger partial charge in [0.1, 0.15) is 0 Å². The summed E-state index contributed by atoms with van der Waals surface area (Å²) in [5, 5.41) is 0.0487. The lowest BCUT2D eigenvalue weighted by molar-refractivity contribution is 0.108. The summed E-state index contributed by atoms with van der Waals surface area (Å²) in [7, 11) is -1.46. The summed E-state index contributed by atoms with van der Waals surface area (Å²) in [5.41, 5.74) is 0.707. The van der Waals surface area contributed by atoms with Crippen LogP contribution >= 0.6 is 20.3 Å². The number of nitrogens with zero attached hydrogens (tertiary/aromatic N) is 1. The predicted molar refractivity (Wildman–Crippen MR) is 95.1 cm³/mol. The van der Waals surface area contributed by atoms with Crippen LogP contribution in [-0.2, 0) is 4.52 Å². The molecule has 1 fully saturated rings. The molecule has 1 aliphatic rings. The van der Waals surface area contributed by atoms with Crippen LogP contribution in [-0.4, -0.2) is 40.1 Å². The molecule has 4 nitrogen and oxygen atoms in total. The fourth-order valence-electron chi connectivity index (χ4n) is 1.86. The van der Waals surface area contributed by atoms with E-state index < -0.39 is 8.53 Å². The average Bonchev–Trinajstić information content (AvgIpc) is 3.07. The molecule has 1 aliphatic heterocycles. The van der Waals surface area contributed by atoms with Crippen molar-refractivity contribution < 1.29 is 14.2 Å². The number of rotatable bonds is 6. The maximum absolute atomic E-state index is 11.8. The van der Waals surface area contributed by atoms with E-state index in [0.29, 0.717) is 17.9 Å². The Morgan fingerprint density at radius 2 is 1.86 bits per heavy atom. The van der Waals surface area contributed by atoms with Crippen LogP contribution in [0.3, 0.4) is 0 Å². The first kappa shape index (κ1) is 19.6. The van der Waals surface area contributed by atoms with Gasteiger partial charge in [-0.3, -0.25) is 4.79 Å². The maximum Gasteiger partial charge on any atom is 0.255 e. The van der Waals surface area contributed by atoms with Crippen LogP contribution < -0.4 is 0 Å². The Hall–Kier alpha value is -0.450. The van der Waals surface area contributed by atoms with Crippen molar-refractivity contribution >= 4 is 25.4 Å². The molecule has 1 N–H and O–H groups in total. The van der Waals surface area contributed by atoms with E-state index in [-0.39, 0.29) is 5.12 Å². The van der Waals surface area contributed by atoms with Gasteiger partial charge in [0.15, 0.2) is 0 Å². The molecule has 1 atom stereocenters. The number of hydrogen-bond acceptors (Lipinski definition) is 5. The quantitative estimate of drug-likeness (QED) is 0.616. The molecule has 0 amide bonds. The zero-order valence-corrected chi connectivity index (χ0v) is 15.1. The Balaban J connectivity index is 0.000000745. The van der Waals surface area contributed by atoms with Gasteiger partial charge in [0.05, 0.1) is 6.61 Å². The first-order valence-electron chi connectivity index (χ1n) is 7.78. The molecular formula is C16H26NO3PS. The van der Waals surface area contributed by atoms with Gasteiger partial charge in [0.2, 0.25) is 5.12 Å². The summed E-state index contributed by atoms with van der Waals surface area (Å²) < 4.78 is 7.36. The van der Waals surface area contributed by atoms with E-state index in [0.717, 1.165) is 25.9 Å². The lowest BCUT2D eigenvalue weighted by Gasteiger charge is -2.19. The van der Waals surface area contributed by atoms with E-state index >= 15 is 0 Å². The Labute approximate surface area is 139 Å². The highest BCUT2D eigenvalue weighted by Crippen LogP contribution is 2.39. The zero-order chi connectivity index (χ0) is 16.2. The number of thioether (sulfide) groups is 1. The largest absolute Gasteiger partial charge is 0.338 e. The highest BCUT2D eigenvalue weighted by Gasteiger charge is 2.21. The van der Waals surface area contributed by atoms with Crippen LogP contribution in [0.2, 0.25) is 0 Å². The second kappa shape index (κ2) is 12.0. The fourth-order valence-corrected chi connectivity index (χ4v) is 3.69. The topological polar surface area (TPSA) is 49.8 Å². The number of carbonyl (C=O) groups is 1. The van der Waals surface area contributed by atoms with Gasteiger partial charge in [-0.2, -0.15) is 0 Å². The van der Waals surface area contributed by atoms with Crippen molar-refractivity contribution in [3.05, 3.63) is 35.9 Å². The standard InChI is InChI=1S/C13H18NO3PS.C3H8/c15-13(12-6-2-1-3-7-12)19-11-10-17-18(16)14-8-4-5-9-14;1-3-2/h1-3,6-7,16H,4-5,8-11H2;3H2,1-2H3. The van der Waals surface area contributed by atoms with E-state index in [2.05, 4.69) is 13.8 Å². The van der Waals surface area contributed by atoms with Crippen LogP contribution in [0.25, 0.3) is 0 Å². The number of carbonyl (C=O) groups excluding carboxylic acids is 1. The summed E-state index contributed by atoms with van der Waals surface area (Å²) in [6, 6.07) is 9.20. The van der Waals surface area contributed by atoms with Crippen molar-refractivity contribution in [1.82, 2.24) is 4.67 Å². The minimum Gasteiger partial charge on any atom is -0.338 e. The summed E-state index contributed by atoms with van der Waals surface area (Å²) in [6.45, 7) is 6.48. The Morgan fingerprint density at radius 1 is 1.27 bits per heavy atom. The molecule has 0 aliphatic carbocycles. The smallest absolute Gasteiger partial charge is 0.255 e. The Kier molecular flexibility index (Phi) is 10.7. The number of hydrogen-bond donors (Lipinski definition) is 1. The summed E-state index contributed by atoms with van der Waals surface area (Å²) in [6.07, 6.45) is 3.51. The number of benzene rings is 1. The van der Waals surface area contributed by atoms with Crippen molar-refractivity contribution in [2.24, 2.45) is 0 Å². The van der Waals surface area contributed by atoms with E-state index in [4.69, 9.17) is 4.52 Å². The fraction of sp³-hybridized carbons (Fsp3) is 0.562. The van der Waals surface area contributed by atoms with Gasteiger partial charge in [-0.1, -0.05) is 62.4 Å². The van der Waals surface area contributed by atoms with Gasteiger partial charge in [0.25, 0.3) is 8.53 Å². The van der Waals surface area contributed by atoms with Gasteiger partial charge < -0.3 is 9.42 Å². The van der Waals surface area contributed by atoms with E-state index in [1.807, 2.05) is 22.9 Å². The highest BCUT2D eigenvalue weighted by molar-refractivity contribution is 8.14. The monoisotopic (exact) mass is 343 g/mol. The van der Waals surface area contributed by atoms with Crippen molar-refractivity contribution in [3.63, 3.8) is 0 Å². The lowest BCUT2D eigenvalue weighted by atomic mass is 10.2. The van der Waals surface area contributed by atoms with E-state index in [1.54, 1.807) is 12.1 Å². The molecule has 1 saturated heterocycles. The molecule has 2 rings (SSSR count). The van der Waals surface area contributed by atoms with Gasteiger partial charge in [0, 0.05) is 24.4 Å². The zero-order valence-electron chi connectivity index (χ0n) is 13.4. The van der Waals surface area contributed by atoms with Crippen molar-refractivity contribution in [1.29, 1.82) is 0 Å². The molecule has 124 valence electrons. The van der Waals surface area contributed by atoms with Gasteiger partial charge in [-0.05, 0) is 12.8 Å². The second-order valence-corrected chi connectivity index (χ2v) is 7.35. The molecule has 1 aromatic carbocycles. The molecule has 6 heteroatoms. The third-order valence-electron chi connectivity index (χ3n) is 2.86. The minimum absolute atomic E-state index is 0.0487. The predicted octanol–water partition coefficient (Wildman–Crippen LogP) is 4.31. The van der Waals surface area contributed by atoms with Crippen LogP contribution in [0, 0.1) is 0 Å². The molecule has 0 radical (unpaired) electrons. The molecule has 1 aromatic rings. The third kappa shape index (κ3) is 7.70. The molecule has 0 bridgehead atoms. The maximum atomic E-state index is 11.8. The van der Waals surface area contributed by atoms with Crippen molar-refractivity contribution in [2.45, 2.75) is 33.1 Å². The third-order valence-corrected chi connectivity index (χ3v) is 5.02. The normalized spacial score (nSPS) is 16.0. The van der Waals surface area contributed by atoms with Crippen LogP contribution in [0.15, 0.2) is 30.3 Å². The summed E-state index contributed by atoms with van der Waals surface area (Å²) in [4.78, 5) is 21.6. The van der Waals surface area contributed by atoms with Crippen LogP contribution in [0.5, 0.6) is 0 Å². The molecule has 0 aromatic heterocycles. The lowest BCUT2D eigenvalue weighted by Crippen LogP contribution is -2.14. The summed E-state index contributed by atoms with van der Waals surface area (Å²) >= 11 is 1.23. The first-order valence-corrected chi connectivity index (χ1v) is 9.93. The molecule has 0 saturated carbocycles. The first-order chi connectivity index (χ1) is 10.7. The van der Waals surface area contributed by atoms with E-state index in [1.165, 1.54) is 18.2 Å². The molecule has 1 unspecified atom stereocenters. The molecule has 1 heterocycles. The van der Waals surface area contributed by atoms with Gasteiger partial charge in [-0.25, -0.2) is 4.67 Å². The molecule has 0 spiro atoms. The second-order valence-electron chi connectivity index (χ2n) is 4.96. The van der Waals surface area contributed by atoms with Gasteiger partial charge >= 0.3 is 0 Å². The molecule has 22 heavy (non-hydrogen) atoms. The Bertz CT molecular complexity index is 413. The van der Waals surface area contributed by atoms with Crippen LogP contribution in [0.1, 0.15) is 43.5 Å². The summed E-state index contributed by atoms with van der Waals surface area (Å²) in [5.74, 6) is 0.570. The van der Waals surface area contributed by atoms with Crippen molar-refractivity contribution in [2.75, 3.05) is 25.4 Å².